The third-order valence-electron chi connectivity index (χ3n) is 0.425. The van der Waals surface area contributed by atoms with Gasteiger partial charge in [0.2, 0.25) is 0 Å². The molecule has 1 heterocycles. The lowest BCUT2D eigenvalue weighted by Gasteiger charge is -1.40. The highest BCUT2D eigenvalue weighted by atomic mass is 32.3. The normalized spacial score (nSPS) is 8.00. The molecule has 0 aliphatic heterocycles. The molecule has 0 spiro atoms. The standard InChI is InChI=1S/C3H4SSi/c1-2-4-5-3-1/h1-3,5H. The van der Waals surface area contributed by atoms with E-state index >= 15 is 0 Å². The summed E-state index contributed by atoms with van der Waals surface area (Å²) in [6.45, 7) is 0. The van der Waals surface area contributed by atoms with E-state index in [1.54, 1.807) is 0 Å². The van der Waals surface area contributed by atoms with Gasteiger partial charge in [0, 0.05) is 0 Å². The molecule has 0 aliphatic rings. The van der Waals surface area contributed by atoms with Gasteiger partial charge in [0.15, 0.2) is 0 Å². The van der Waals surface area contributed by atoms with Crippen LogP contribution in [-0.2, 0) is 0 Å². The zero-order valence-corrected chi connectivity index (χ0v) is 4.69. The summed E-state index contributed by atoms with van der Waals surface area (Å²) in [5.74, 6) is 0. The molecular weight excluding hydrogens is 96.2 g/mol. The van der Waals surface area contributed by atoms with Gasteiger partial charge in [0.05, 0.1) is 8.24 Å². The van der Waals surface area contributed by atoms with Crippen LogP contribution < -0.4 is 0 Å². The van der Waals surface area contributed by atoms with Crippen LogP contribution in [0.4, 0.5) is 0 Å². The Morgan fingerprint density at radius 2 is 2.60 bits per heavy atom. The van der Waals surface area contributed by atoms with Crippen LogP contribution in [0, 0.1) is 0 Å². The second-order valence-electron chi connectivity index (χ2n) is 0.793. The predicted octanol–water partition coefficient (Wildman–Crippen LogP) is 0.819. The number of rotatable bonds is 0. The molecule has 0 atom stereocenters. The predicted molar refractivity (Wildman–Crippen MR) is 27.1 cm³/mol. The lowest BCUT2D eigenvalue weighted by Crippen LogP contribution is -1.35. The molecule has 0 radical (unpaired) electrons. The maximum Gasteiger partial charge on any atom is 0.0912 e. The van der Waals surface area contributed by atoms with E-state index in [0.717, 1.165) is 0 Å². The zero-order chi connectivity index (χ0) is 3.54. The van der Waals surface area contributed by atoms with E-state index in [4.69, 9.17) is 0 Å². The largest absolute Gasteiger partial charge is 0.190 e. The van der Waals surface area contributed by atoms with Gasteiger partial charge in [-0.1, -0.05) is 11.7 Å². The van der Waals surface area contributed by atoms with Crippen molar-refractivity contribution in [1.29, 1.82) is 0 Å². The minimum atomic E-state index is 0.606. The van der Waals surface area contributed by atoms with Crippen molar-refractivity contribution < 1.29 is 0 Å². The molecule has 0 saturated carbocycles. The van der Waals surface area contributed by atoms with Crippen LogP contribution in [0.2, 0.25) is 0 Å². The minimum Gasteiger partial charge on any atom is -0.190 e. The Morgan fingerprint density at radius 3 is 2.80 bits per heavy atom. The minimum absolute atomic E-state index is 0.606. The zero-order valence-electron chi connectivity index (χ0n) is 2.72. The molecule has 1 aromatic rings. The molecule has 0 unspecified atom stereocenters. The Bertz CT molecular complexity index is 63.4. The van der Waals surface area contributed by atoms with Gasteiger partial charge >= 0.3 is 0 Å². The average Bonchev–Trinajstić information content (AvgIpc) is 1.76. The molecule has 0 amide bonds. The van der Waals surface area contributed by atoms with Gasteiger partial charge < -0.3 is 0 Å². The van der Waals surface area contributed by atoms with Crippen molar-refractivity contribution in [2.75, 3.05) is 0 Å². The van der Waals surface area contributed by atoms with Crippen LogP contribution in [0.15, 0.2) is 17.1 Å². The molecule has 0 saturated heterocycles. The molecule has 0 N–H and O–H groups in total. The fraction of sp³-hybridized carbons (Fsp3) is 0. The second kappa shape index (κ2) is 1.47. The van der Waals surface area contributed by atoms with Gasteiger partial charge in [0.25, 0.3) is 0 Å². The van der Waals surface area contributed by atoms with Crippen LogP contribution in [0.5, 0.6) is 0 Å². The van der Waals surface area contributed by atoms with Crippen molar-refractivity contribution in [1.82, 2.24) is 0 Å². The maximum absolute atomic E-state index is 2.23. The Morgan fingerprint density at radius 1 is 1.60 bits per heavy atom. The Balaban J connectivity index is 3.13. The molecule has 1 aromatic heterocycles. The molecule has 0 fully saturated rings. The van der Waals surface area contributed by atoms with Gasteiger partial charge in [-0.05, 0) is 5.38 Å². The van der Waals surface area contributed by atoms with Crippen LogP contribution in [0.1, 0.15) is 0 Å². The maximum atomic E-state index is 2.23. The molecule has 26 valence electrons. The quantitative estimate of drug-likeness (QED) is 0.423. The average molecular weight is 100 g/mol. The second-order valence-corrected chi connectivity index (χ2v) is 3.63. The monoisotopic (exact) mass is 100.0 g/mol. The fourth-order valence-electron chi connectivity index (χ4n) is 0.227. The van der Waals surface area contributed by atoms with Crippen LogP contribution in [-0.4, -0.2) is 8.24 Å². The number of hydrogen-bond donors (Lipinski definition) is 0. The van der Waals surface area contributed by atoms with Gasteiger partial charge in [0.1, 0.15) is 0 Å². The van der Waals surface area contributed by atoms with Gasteiger partial charge in [-0.25, -0.2) is 0 Å². The van der Waals surface area contributed by atoms with Crippen molar-refractivity contribution >= 4 is 19.0 Å². The van der Waals surface area contributed by atoms with Gasteiger partial charge in [-0.15, -0.1) is 0 Å². The summed E-state index contributed by atoms with van der Waals surface area (Å²) in [6.07, 6.45) is 0. The SMILES string of the molecule is c1c[siH]sc1. The van der Waals surface area contributed by atoms with Crippen molar-refractivity contribution in [3.8, 4) is 0 Å². The smallest absolute Gasteiger partial charge is 0.0912 e. The number of hydrogen-bond acceptors (Lipinski definition) is 1. The first-order valence-corrected chi connectivity index (χ1v) is 4.50. The third-order valence-corrected chi connectivity index (χ3v) is 2.69. The Kier molecular flexibility index (Phi) is 0.957. The fourth-order valence-corrected chi connectivity index (χ4v) is 2.04. The highest BCUT2D eigenvalue weighted by molar-refractivity contribution is 7.35. The lowest BCUT2D eigenvalue weighted by atomic mass is 10.8. The molecule has 2 heteroatoms. The highest BCUT2D eigenvalue weighted by Gasteiger charge is 1.59. The Hall–Kier alpha value is 0.0469. The first-order chi connectivity index (χ1) is 2.50. The first kappa shape index (κ1) is 3.25. The molecule has 0 bridgehead atoms. The van der Waals surface area contributed by atoms with Crippen LogP contribution in [0.25, 0.3) is 0 Å². The molecular formula is C3H4SSi. The summed E-state index contributed by atoms with van der Waals surface area (Å²) in [5, 5.41) is 2.13. The van der Waals surface area contributed by atoms with Gasteiger partial charge in [-0.2, -0.15) is 10.8 Å². The van der Waals surface area contributed by atoms with E-state index in [9.17, 15) is 0 Å². The summed E-state index contributed by atoms with van der Waals surface area (Å²) in [4.78, 5) is 0. The van der Waals surface area contributed by atoms with E-state index in [2.05, 4.69) is 17.1 Å². The van der Waals surface area contributed by atoms with Crippen molar-refractivity contribution in [3.63, 3.8) is 0 Å². The van der Waals surface area contributed by atoms with Crippen LogP contribution in [0.3, 0.4) is 0 Å². The lowest BCUT2D eigenvalue weighted by molar-refractivity contribution is 2.12. The van der Waals surface area contributed by atoms with E-state index in [0.29, 0.717) is 8.24 Å². The molecule has 0 aliphatic carbocycles. The third kappa shape index (κ3) is 0.666. The molecule has 1 rings (SSSR count). The summed E-state index contributed by atoms with van der Waals surface area (Å²) in [6, 6.07) is 2.11. The van der Waals surface area contributed by atoms with Crippen molar-refractivity contribution in [2.45, 2.75) is 0 Å². The van der Waals surface area contributed by atoms with E-state index in [-0.39, 0.29) is 0 Å². The van der Waals surface area contributed by atoms with Gasteiger partial charge in [-0.3, -0.25) is 0 Å². The van der Waals surface area contributed by atoms with Crippen molar-refractivity contribution in [2.24, 2.45) is 0 Å². The summed E-state index contributed by atoms with van der Waals surface area (Å²) in [5.41, 5.74) is 2.23. The van der Waals surface area contributed by atoms with Crippen molar-refractivity contribution in [3.05, 3.63) is 17.1 Å². The summed E-state index contributed by atoms with van der Waals surface area (Å²) >= 11 is 0. The highest BCUT2D eigenvalue weighted by Crippen LogP contribution is 1.83. The molecule has 0 nitrogen and oxygen atoms in total. The first-order valence-electron chi connectivity index (χ1n) is 1.47. The summed E-state index contributed by atoms with van der Waals surface area (Å²) in [7, 11) is 2.53. The topological polar surface area (TPSA) is 0 Å². The van der Waals surface area contributed by atoms with E-state index in [1.807, 2.05) is 10.8 Å². The van der Waals surface area contributed by atoms with E-state index in [1.165, 1.54) is 0 Å². The summed E-state index contributed by atoms with van der Waals surface area (Å²) < 4.78 is 0. The molecule has 0 aromatic carbocycles. The van der Waals surface area contributed by atoms with E-state index < -0.39 is 0 Å². The Labute approximate surface area is 36.8 Å². The molecule has 5 heavy (non-hydrogen) atoms. The van der Waals surface area contributed by atoms with Crippen LogP contribution >= 0.6 is 10.8 Å².